The molecule has 7 heteroatoms. The number of halogens is 1. The molecule has 0 bridgehead atoms. The van der Waals surface area contributed by atoms with Crippen molar-refractivity contribution in [1.82, 2.24) is 5.32 Å². The van der Waals surface area contributed by atoms with Crippen LogP contribution in [0.5, 0.6) is 0 Å². The highest BCUT2D eigenvalue weighted by Gasteiger charge is 2.21. The molecule has 2 aromatic rings. The van der Waals surface area contributed by atoms with Crippen LogP contribution >= 0.6 is 11.6 Å². The Balaban J connectivity index is 2.03. The van der Waals surface area contributed by atoms with E-state index in [-0.39, 0.29) is 18.9 Å². The predicted molar refractivity (Wildman–Crippen MR) is 106 cm³/mol. The molecule has 0 heterocycles. The lowest BCUT2D eigenvalue weighted by atomic mass is 10.1. The Morgan fingerprint density at radius 3 is 2.19 bits per heavy atom. The molecular formula is C19H23ClN2O3S. The lowest BCUT2D eigenvalue weighted by molar-refractivity contribution is -0.121. The Kier molecular flexibility index (Phi) is 6.67. The number of hydrogen-bond donors (Lipinski definition) is 1. The van der Waals surface area contributed by atoms with E-state index in [2.05, 4.69) is 5.32 Å². The van der Waals surface area contributed by atoms with Gasteiger partial charge in [0.1, 0.15) is 0 Å². The van der Waals surface area contributed by atoms with Gasteiger partial charge in [-0.2, -0.15) is 0 Å². The first kappa shape index (κ1) is 20.3. The first-order chi connectivity index (χ1) is 12.2. The van der Waals surface area contributed by atoms with Crippen molar-refractivity contribution in [1.29, 1.82) is 0 Å². The van der Waals surface area contributed by atoms with Gasteiger partial charge in [0.25, 0.3) is 0 Å². The van der Waals surface area contributed by atoms with Crippen molar-refractivity contribution in [3.63, 3.8) is 0 Å². The summed E-state index contributed by atoms with van der Waals surface area (Å²) in [4.78, 5) is 12.2. The molecule has 1 amide bonds. The highest BCUT2D eigenvalue weighted by Crippen LogP contribution is 2.26. The molecule has 0 radical (unpaired) electrons. The molecule has 2 aromatic carbocycles. The third kappa shape index (κ3) is 5.47. The van der Waals surface area contributed by atoms with Crippen molar-refractivity contribution in [3.05, 3.63) is 64.2 Å². The van der Waals surface area contributed by atoms with Gasteiger partial charge >= 0.3 is 0 Å². The number of sulfonamides is 1. The van der Waals surface area contributed by atoms with Crippen LogP contribution in [0, 0.1) is 13.8 Å². The summed E-state index contributed by atoms with van der Waals surface area (Å²) in [6, 6.07) is 12.8. The maximum Gasteiger partial charge on any atom is 0.232 e. The van der Waals surface area contributed by atoms with Crippen LogP contribution in [0.15, 0.2) is 42.5 Å². The number of nitrogens with zero attached hydrogens (tertiary/aromatic N) is 1. The highest BCUT2D eigenvalue weighted by molar-refractivity contribution is 7.92. The second-order valence-corrected chi connectivity index (χ2v) is 8.57. The van der Waals surface area contributed by atoms with Gasteiger partial charge in [-0.05, 0) is 42.7 Å². The van der Waals surface area contributed by atoms with Crippen molar-refractivity contribution < 1.29 is 13.2 Å². The Morgan fingerprint density at radius 2 is 1.65 bits per heavy atom. The zero-order valence-electron chi connectivity index (χ0n) is 15.1. The SMILES string of the molecule is Cc1cccc(C)c1N(CCC(=O)NCc1ccc(Cl)cc1)S(C)(=O)=O. The van der Waals surface area contributed by atoms with Gasteiger partial charge in [0.15, 0.2) is 0 Å². The van der Waals surface area contributed by atoms with Gasteiger partial charge in [-0.3, -0.25) is 9.10 Å². The Morgan fingerprint density at radius 1 is 1.08 bits per heavy atom. The third-order valence-electron chi connectivity index (χ3n) is 4.03. The molecule has 140 valence electrons. The predicted octanol–water partition coefficient (Wildman–Crippen LogP) is 3.43. The number of rotatable bonds is 7. The second kappa shape index (κ2) is 8.56. The molecular weight excluding hydrogens is 372 g/mol. The number of anilines is 1. The maximum absolute atomic E-state index is 12.2. The van der Waals surface area contributed by atoms with Crippen LogP contribution in [0.2, 0.25) is 5.02 Å². The standard InChI is InChI=1S/C19H23ClN2O3S/c1-14-5-4-6-15(2)19(14)22(26(3,24)25)12-11-18(23)21-13-16-7-9-17(20)10-8-16/h4-10H,11-13H2,1-3H3,(H,21,23). The van der Waals surface area contributed by atoms with Crippen molar-refractivity contribution in [2.24, 2.45) is 0 Å². The summed E-state index contributed by atoms with van der Waals surface area (Å²) in [6.07, 6.45) is 1.24. The van der Waals surface area contributed by atoms with E-state index in [0.717, 1.165) is 22.9 Å². The fourth-order valence-corrected chi connectivity index (χ4v) is 3.91. The maximum atomic E-state index is 12.2. The van der Waals surface area contributed by atoms with Gasteiger partial charge in [0.05, 0.1) is 11.9 Å². The van der Waals surface area contributed by atoms with Crippen LogP contribution in [0.4, 0.5) is 5.69 Å². The quantitative estimate of drug-likeness (QED) is 0.782. The number of amides is 1. The van der Waals surface area contributed by atoms with E-state index in [9.17, 15) is 13.2 Å². The number of carbonyl (C=O) groups excluding carboxylic acids is 1. The molecule has 0 aromatic heterocycles. The number of benzene rings is 2. The van der Waals surface area contributed by atoms with Crippen LogP contribution in [-0.4, -0.2) is 27.1 Å². The molecule has 0 aliphatic carbocycles. The molecule has 0 spiro atoms. The van der Waals surface area contributed by atoms with Crippen LogP contribution in [0.1, 0.15) is 23.1 Å². The number of aryl methyl sites for hydroxylation is 2. The number of hydrogen-bond acceptors (Lipinski definition) is 3. The Labute approximate surface area is 160 Å². The lowest BCUT2D eigenvalue weighted by Crippen LogP contribution is -2.35. The van der Waals surface area contributed by atoms with E-state index in [0.29, 0.717) is 17.3 Å². The summed E-state index contributed by atoms with van der Waals surface area (Å²) in [5, 5.41) is 3.44. The smallest absolute Gasteiger partial charge is 0.232 e. The van der Waals surface area contributed by atoms with E-state index in [4.69, 9.17) is 11.6 Å². The van der Waals surface area contributed by atoms with E-state index >= 15 is 0 Å². The zero-order valence-corrected chi connectivity index (χ0v) is 16.7. The van der Waals surface area contributed by atoms with Gasteiger partial charge in [-0.1, -0.05) is 41.9 Å². The fraction of sp³-hybridized carbons (Fsp3) is 0.316. The minimum Gasteiger partial charge on any atom is -0.352 e. The fourth-order valence-electron chi connectivity index (χ4n) is 2.74. The average Bonchev–Trinajstić information content (AvgIpc) is 2.55. The van der Waals surface area contributed by atoms with Crippen molar-refractivity contribution in [3.8, 4) is 0 Å². The molecule has 0 aliphatic heterocycles. The Bertz CT molecular complexity index is 860. The molecule has 0 atom stereocenters. The number of nitrogens with one attached hydrogen (secondary N) is 1. The van der Waals surface area contributed by atoms with Crippen LogP contribution < -0.4 is 9.62 Å². The van der Waals surface area contributed by atoms with Crippen molar-refractivity contribution >= 4 is 33.2 Å². The normalized spacial score (nSPS) is 11.2. The molecule has 1 N–H and O–H groups in total. The lowest BCUT2D eigenvalue weighted by Gasteiger charge is -2.25. The third-order valence-corrected chi connectivity index (χ3v) is 5.45. The minimum atomic E-state index is -3.49. The molecule has 0 saturated heterocycles. The van der Waals surface area contributed by atoms with Gasteiger partial charge in [0, 0.05) is 24.5 Å². The van der Waals surface area contributed by atoms with Crippen LogP contribution in [0.3, 0.4) is 0 Å². The van der Waals surface area contributed by atoms with E-state index < -0.39 is 10.0 Å². The largest absolute Gasteiger partial charge is 0.352 e. The van der Waals surface area contributed by atoms with Gasteiger partial charge in [-0.15, -0.1) is 0 Å². The molecule has 0 unspecified atom stereocenters. The minimum absolute atomic E-state index is 0.0778. The zero-order chi connectivity index (χ0) is 19.3. The summed E-state index contributed by atoms with van der Waals surface area (Å²) in [6.45, 7) is 4.19. The van der Waals surface area contributed by atoms with E-state index in [1.54, 1.807) is 12.1 Å². The van der Waals surface area contributed by atoms with E-state index in [1.807, 2.05) is 44.2 Å². The van der Waals surface area contributed by atoms with E-state index in [1.165, 1.54) is 4.31 Å². The van der Waals surface area contributed by atoms with Crippen molar-refractivity contribution in [2.75, 3.05) is 17.1 Å². The van der Waals surface area contributed by atoms with Gasteiger partial charge in [0.2, 0.25) is 15.9 Å². The molecule has 5 nitrogen and oxygen atoms in total. The van der Waals surface area contributed by atoms with Crippen molar-refractivity contribution in [2.45, 2.75) is 26.8 Å². The number of carbonyl (C=O) groups is 1. The monoisotopic (exact) mass is 394 g/mol. The summed E-state index contributed by atoms with van der Waals surface area (Å²) in [7, 11) is -3.49. The van der Waals surface area contributed by atoms with Gasteiger partial charge in [-0.25, -0.2) is 8.42 Å². The topological polar surface area (TPSA) is 66.5 Å². The molecule has 0 saturated carbocycles. The molecule has 2 rings (SSSR count). The summed E-state index contributed by atoms with van der Waals surface area (Å²) in [5.74, 6) is -0.208. The summed E-state index contributed by atoms with van der Waals surface area (Å²) in [5.41, 5.74) is 3.28. The summed E-state index contributed by atoms with van der Waals surface area (Å²) < 4.78 is 25.8. The molecule has 26 heavy (non-hydrogen) atoms. The average molecular weight is 395 g/mol. The molecule has 0 fully saturated rings. The summed E-state index contributed by atoms with van der Waals surface area (Å²) >= 11 is 5.84. The molecule has 0 aliphatic rings. The first-order valence-corrected chi connectivity index (χ1v) is 10.5. The number of para-hydroxylation sites is 1. The Hall–Kier alpha value is -2.05. The van der Waals surface area contributed by atoms with Crippen LogP contribution in [-0.2, 0) is 21.4 Å². The van der Waals surface area contributed by atoms with Gasteiger partial charge < -0.3 is 5.32 Å². The highest BCUT2D eigenvalue weighted by atomic mass is 35.5. The first-order valence-electron chi connectivity index (χ1n) is 8.23. The second-order valence-electron chi connectivity index (χ2n) is 6.23. The van der Waals surface area contributed by atoms with Crippen LogP contribution in [0.25, 0.3) is 0 Å².